The maximum absolute atomic E-state index is 13.2. The smallest absolute Gasteiger partial charge is 0.150 e. The highest BCUT2D eigenvalue weighted by Gasteiger charge is 2.06. The van der Waals surface area contributed by atoms with Gasteiger partial charge >= 0.3 is 0 Å². The van der Waals surface area contributed by atoms with Crippen LogP contribution < -0.4 is 4.74 Å². The predicted octanol–water partition coefficient (Wildman–Crippen LogP) is 4.39. The number of hydrogen-bond acceptors (Lipinski definition) is 2. The fourth-order valence-corrected chi connectivity index (χ4v) is 1.80. The lowest BCUT2D eigenvalue weighted by Gasteiger charge is -2.08. The molecule has 0 atom stereocenters. The molecule has 2 aromatic carbocycles. The first kappa shape index (κ1) is 12.6. The zero-order valence-corrected chi connectivity index (χ0v) is 10.4. The molecule has 0 N–H and O–H groups in total. The van der Waals surface area contributed by atoms with Gasteiger partial charge in [0.25, 0.3) is 0 Å². The second-order valence-corrected chi connectivity index (χ2v) is 4.28. The summed E-state index contributed by atoms with van der Waals surface area (Å²) in [5, 5.41) is 0.437. The number of aldehydes is 1. The van der Waals surface area contributed by atoms with Crippen molar-refractivity contribution in [2.75, 3.05) is 0 Å². The second-order valence-electron chi connectivity index (χ2n) is 3.87. The first-order chi connectivity index (χ1) is 8.58. The highest BCUT2D eigenvalue weighted by atomic mass is 35.5. The van der Waals surface area contributed by atoms with Crippen LogP contribution in [-0.2, 0) is 0 Å². The molecular weight excluding hydrogens is 255 g/mol. The minimum atomic E-state index is -0.530. The van der Waals surface area contributed by atoms with Crippen LogP contribution in [0.5, 0.6) is 11.5 Å². The first-order valence-electron chi connectivity index (χ1n) is 5.28. The molecule has 0 aliphatic carbocycles. The van der Waals surface area contributed by atoms with Crippen LogP contribution in [0.15, 0.2) is 36.4 Å². The van der Waals surface area contributed by atoms with Crippen molar-refractivity contribution < 1.29 is 13.9 Å². The molecule has 0 saturated heterocycles. The van der Waals surface area contributed by atoms with Crippen molar-refractivity contribution in [2.24, 2.45) is 0 Å². The molecule has 0 aliphatic heterocycles. The molecule has 4 heteroatoms. The number of benzene rings is 2. The number of carbonyl (C=O) groups excluding carboxylic acids is 1. The van der Waals surface area contributed by atoms with Gasteiger partial charge in [-0.25, -0.2) is 4.39 Å². The van der Waals surface area contributed by atoms with E-state index in [1.807, 2.05) is 13.0 Å². The summed E-state index contributed by atoms with van der Waals surface area (Å²) in [5.41, 5.74) is 1.22. The zero-order valence-electron chi connectivity index (χ0n) is 9.61. The molecular formula is C14H10ClFO2. The van der Waals surface area contributed by atoms with Crippen molar-refractivity contribution in [1.82, 2.24) is 0 Å². The quantitative estimate of drug-likeness (QED) is 0.769. The highest BCUT2D eigenvalue weighted by molar-refractivity contribution is 6.32. The molecule has 0 aliphatic rings. The van der Waals surface area contributed by atoms with Gasteiger partial charge in [0.2, 0.25) is 0 Å². The number of rotatable bonds is 3. The number of halogens is 2. The molecule has 2 nitrogen and oxygen atoms in total. The largest absolute Gasteiger partial charge is 0.456 e. The summed E-state index contributed by atoms with van der Waals surface area (Å²) in [4.78, 5) is 10.6. The van der Waals surface area contributed by atoms with E-state index in [9.17, 15) is 9.18 Å². The van der Waals surface area contributed by atoms with Crippen LogP contribution in [-0.4, -0.2) is 6.29 Å². The van der Waals surface area contributed by atoms with Gasteiger partial charge in [0.15, 0.2) is 0 Å². The summed E-state index contributed by atoms with van der Waals surface area (Å²) in [6, 6.07) is 9.06. The van der Waals surface area contributed by atoms with Crippen LogP contribution in [0.1, 0.15) is 15.9 Å². The summed E-state index contributed by atoms with van der Waals surface area (Å²) in [6.45, 7) is 1.91. The summed E-state index contributed by atoms with van der Waals surface area (Å²) in [5.74, 6) is 0.130. The second kappa shape index (κ2) is 5.19. The maximum Gasteiger partial charge on any atom is 0.150 e. The van der Waals surface area contributed by atoms with Gasteiger partial charge in [-0.1, -0.05) is 17.7 Å². The number of ether oxygens (including phenoxy) is 1. The molecule has 92 valence electrons. The van der Waals surface area contributed by atoms with Crippen LogP contribution >= 0.6 is 11.6 Å². The molecule has 18 heavy (non-hydrogen) atoms. The zero-order chi connectivity index (χ0) is 13.1. The number of aryl methyl sites for hydroxylation is 1. The van der Waals surface area contributed by atoms with E-state index in [-0.39, 0.29) is 11.3 Å². The van der Waals surface area contributed by atoms with E-state index in [4.69, 9.17) is 16.3 Å². The Bertz CT molecular complexity index is 596. The van der Waals surface area contributed by atoms with Gasteiger partial charge in [0.05, 0.1) is 5.02 Å². The molecule has 2 aromatic rings. The van der Waals surface area contributed by atoms with Gasteiger partial charge in [-0.15, -0.1) is 0 Å². The normalized spacial score (nSPS) is 10.2. The lowest BCUT2D eigenvalue weighted by atomic mass is 10.2. The van der Waals surface area contributed by atoms with Crippen molar-refractivity contribution in [3.05, 3.63) is 58.4 Å². The van der Waals surface area contributed by atoms with Crippen LogP contribution in [0.2, 0.25) is 5.02 Å². The Hall–Kier alpha value is -1.87. The molecule has 0 heterocycles. The van der Waals surface area contributed by atoms with Gasteiger partial charge in [-0.05, 0) is 36.8 Å². The minimum Gasteiger partial charge on any atom is -0.456 e. The summed E-state index contributed by atoms with van der Waals surface area (Å²) in [6.07, 6.45) is 0.562. The molecule has 0 bridgehead atoms. The van der Waals surface area contributed by atoms with E-state index >= 15 is 0 Å². The lowest BCUT2D eigenvalue weighted by Crippen LogP contribution is -1.90. The SMILES string of the molecule is Cc1ccc(Oc2cc(F)cc(C=O)c2)c(Cl)c1. The van der Waals surface area contributed by atoms with E-state index < -0.39 is 5.82 Å². The van der Waals surface area contributed by atoms with E-state index in [0.717, 1.165) is 11.6 Å². The monoisotopic (exact) mass is 264 g/mol. The van der Waals surface area contributed by atoms with Gasteiger partial charge in [0, 0.05) is 11.6 Å². The molecule has 0 amide bonds. The van der Waals surface area contributed by atoms with Gasteiger partial charge < -0.3 is 4.74 Å². The molecule has 0 radical (unpaired) electrons. The Balaban J connectivity index is 2.33. The molecule has 0 saturated carbocycles. The summed E-state index contributed by atoms with van der Waals surface area (Å²) >= 11 is 6.00. The van der Waals surface area contributed by atoms with Gasteiger partial charge in [-0.2, -0.15) is 0 Å². The van der Waals surface area contributed by atoms with Crippen LogP contribution in [0.3, 0.4) is 0 Å². The molecule has 0 aromatic heterocycles. The Morgan fingerprint density at radius 2 is 2.00 bits per heavy atom. The van der Waals surface area contributed by atoms with E-state index in [0.29, 0.717) is 17.1 Å². The topological polar surface area (TPSA) is 26.3 Å². The van der Waals surface area contributed by atoms with Crippen molar-refractivity contribution >= 4 is 17.9 Å². The van der Waals surface area contributed by atoms with E-state index in [1.54, 1.807) is 12.1 Å². The third-order valence-electron chi connectivity index (χ3n) is 2.34. The van der Waals surface area contributed by atoms with Crippen LogP contribution in [0, 0.1) is 12.7 Å². The Morgan fingerprint density at radius 3 is 2.67 bits per heavy atom. The van der Waals surface area contributed by atoms with Crippen molar-refractivity contribution in [3.8, 4) is 11.5 Å². The Labute approximate surface area is 109 Å². The molecule has 0 fully saturated rings. The highest BCUT2D eigenvalue weighted by Crippen LogP contribution is 2.30. The maximum atomic E-state index is 13.2. The average molecular weight is 265 g/mol. The fourth-order valence-electron chi connectivity index (χ4n) is 1.53. The molecule has 2 rings (SSSR count). The van der Waals surface area contributed by atoms with Gasteiger partial charge in [-0.3, -0.25) is 4.79 Å². The first-order valence-corrected chi connectivity index (χ1v) is 5.66. The van der Waals surface area contributed by atoms with E-state index in [2.05, 4.69) is 0 Å². The summed E-state index contributed by atoms with van der Waals surface area (Å²) in [7, 11) is 0. The lowest BCUT2D eigenvalue weighted by molar-refractivity contribution is 0.112. The Kier molecular flexibility index (Phi) is 3.63. The third-order valence-corrected chi connectivity index (χ3v) is 2.64. The van der Waals surface area contributed by atoms with Gasteiger partial charge in [0.1, 0.15) is 23.6 Å². The Morgan fingerprint density at radius 1 is 1.22 bits per heavy atom. The number of carbonyl (C=O) groups is 1. The standard InChI is InChI=1S/C14H10ClFO2/c1-9-2-3-14(13(15)4-9)18-12-6-10(8-17)5-11(16)7-12/h2-8H,1H3. The summed E-state index contributed by atoms with van der Waals surface area (Å²) < 4.78 is 18.7. The third kappa shape index (κ3) is 2.87. The number of hydrogen-bond donors (Lipinski definition) is 0. The van der Waals surface area contributed by atoms with Crippen molar-refractivity contribution in [3.63, 3.8) is 0 Å². The van der Waals surface area contributed by atoms with Crippen molar-refractivity contribution in [1.29, 1.82) is 0 Å². The minimum absolute atomic E-state index is 0.216. The average Bonchev–Trinajstić information content (AvgIpc) is 2.32. The van der Waals surface area contributed by atoms with Crippen LogP contribution in [0.25, 0.3) is 0 Å². The van der Waals surface area contributed by atoms with Crippen molar-refractivity contribution in [2.45, 2.75) is 6.92 Å². The molecule has 0 spiro atoms. The predicted molar refractivity (Wildman–Crippen MR) is 68.1 cm³/mol. The molecule has 0 unspecified atom stereocenters. The fraction of sp³-hybridized carbons (Fsp3) is 0.0714. The van der Waals surface area contributed by atoms with Crippen LogP contribution in [0.4, 0.5) is 4.39 Å². The van der Waals surface area contributed by atoms with E-state index in [1.165, 1.54) is 12.1 Å².